The Morgan fingerprint density at radius 1 is 1.44 bits per heavy atom. The molecule has 0 aliphatic carbocycles. The van der Waals surface area contributed by atoms with Gasteiger partial charge in [0.1, 0.15) is 0 Å². The lowest BCUT2D eigenvalue weighted by Gasteiger charge is -2.31. The van der Waals surface area contributed by atoms with Gasteiger partial charge in [0.2, 0.25) is 5.91 Å². The zero-order valence-corrected chi connectivity index (χ0v) is 11.3. The fourth-order valence-electron chi connectivity index (χ4n) is 2.76. The number of aromatic nitrogens is 1. The maximum absolute atomic E-state index is 12.3. The van der Waals surface area contributed by atoms with Crippen LogP contribution in [0, 0.1) is 0 Å². The second-order valence-electron chi connectivity index (χ2n) is 5.23. The molecule has 1 fully saturated rings. The highest BCUT2D eigenvalue weighted by Gasteiger charge is 2.29. The Bertz CT molecular complexity index is 411. The van der Waals surface area contributed by atoms with Gasteiger partial charge in [0, 0.05) is 25.5 Å². The van der Waals surface area contributed by atoms with Crippen molar-refractivity contribution in [1.29, 1.82) is 0 Å². The van der Waals surface area contributed by atoms with Crippen molar-refractivity contribution in [3.63, 3.8) is 0 Å². The Labute approximate surface area is 109 Å². The van der Waals surface area contributed by atoms with Gasteiger partial charge in [-0.25, -0.2) is 0 Å². The number of likely N-dealkylation sites (tertiary alicyclic amines) is 1. The van der Waals surface area contributed by atoms with Crippen LogP contribution in [0.4, 0.5) is 0 Å². The molecule has 1 aromatic rings. The molecule has 1 aliphatic heterocycles. The van der Waals surface area contributed by atoms with Crippen LogP contribution in [0.1, 0.15) is 44.3 Å². The molecular formula is C14H23N3O. The summed E-state index contributed by atoms with van der Waals surface area (Å²) >= 11 is 0. The van der Waals surface area contributed by atoms with Crippen molar-refractivity contribution in [3.05, 3.63) is 24.0 Å². The fourth-order valence-corrected chi connectivity index (χ4v) is 2.76. The summed E-state index contributed by atoms with van der Waals surface area (Å²) in [4.78, 5) is 14.2. The van der Waals surface area contributed by atoms with Crippen LogP contribution in [0.5, 0.6) is 0 Å². The molecule has 100 valence electrons. The molecular weight excluding hydrogens is 226 g/mol. The number of carbonyl (C=O) groups is 1. The molecule has 2 atom stereocenters. The predicted octanol–water partition coefficient (Wildman–Crippen LogP) is 1.82. The molecule has 0 bridgehead atoms. The number of nitrogens with two attached hydrogens (primary N) is 1. The molecule has 2 heterocycles. The molecule has 4 heteroatoms. The monoisotopic (exact) mass is 249 g/mol. The van der Waals surface area contributed by atoms with Gasteiger partial charge in [-0.15, -0.1) is 0 Å². The third-order valence-corrected chi connectivity index (χ3v) is 3.75. The van der Waals surface area contributed by atoms with Crippen molar-refractivity contribution in [3.8, 4) is 0 Å². The maximum atomic E-state index is 12.3. The van der Waals surface area contributed by atoms with E-state index in [1.807, 2.05) is 24.2 Å². The summed E-state index contributed by atoms with van der Waals surface area (Å²) in [5.41, 5.74) is 6.99. The number of nitrogens with zero attached hydrogens (tertiary/aromatic N) is 2. The van der Waals surface area contributed by atoms with E-state index in [-0.39, 0.29) is 11.9 Å². The molecule has 1 aromatic heterocycles. The maximum Gasteiger partial charge on any atom is 0.239 e. The first-order valence-corrected chi connectivity index (χ1v) is 6.78. The van der Waals surface area contributed by atoms with Crippen molar-refractivity contribution < 1.29 is 4.79 Å². The first-order valence-electron chi connectivity index (χ1n) is 6.78. The first-order chi connectivity index (χ1) is 8.61. The zero-order valence-electron chi connectivity index (χ0n) is 11.3. The van der Waals surface area contributed by atoms with Gasteiger partial charge in [-0.3, -0.25) is 4.79 Å². The molecule has 4 nitrogen and oxygen atoms in total. The molecule has 1 amide bonds. The molecule has 0 radical (unpaired) electrons. The summed E-state index contributed by atoms with van der Waals surface area (Å²) in [6.45, 7) is 2.60. The number of rotatable bonds is 2. The smallest absolute Gasteiger partial charge is 0.239 e. The Hall–Kier alpha value is -1.29. The van der Waals surface area contributed by atoms with Crippen LogP contribution in [0.25, 0.3) is 0 Å². The molecule has 0 saturated carbocycles. The van der Waals surface area contributed by atoms with Crippen LogP contribution < -0.4 is 5.73 Å². The first kappa shape index (κ1) is 13.1. The topological polar surface area (TPSA) is 51.3 Å². The normalized spacial score (nSPS) is 22.6. The van der Waals surface area contributed by atoms with Crippen LogP contribution >= 0.6 is 0 Å². The molecule has 2 rings (SSSR count). The average Bonchev–Trinajstić information content (AvgIpc) is 2.63. The van der Waals surface area contributed by atoms with Crippen LogP contribution in [0.2, 0.25) is 0 Å². The predicted molar refractivity (Wildman–Crippen MR) is 72.0 cm³/mol. The number of amides is 1. The lowest BCUT2D eigenvalue weighted by molar-refractivity contribution is -0.134. The molecule has 1 aliphatic rings. The highest BCUT2D eigenvalue weighted by molar-refractivity contribution is 5.81. The van der Waals surface area contributed by atoms with E-state index in [9.17, 15) is 4.79 Å². The van der Waals surface area contributed by atoms with Crippen LogP contribution in [-0.2, 0) is 11.8 Å². The zero-order chi connectivity index (χ0) is 13.1. The number of carbonyl (C=O) groups excluding carboxylic acids is 1. The molecule has 2 N–H and O–H groups in total. The lowest BCUT2D eigenvalue weighted by atomic mass is 10.1. The summed E-state index contributed by atoms with van der Waals surface area (Å²) in [5.74, 6) is 0.0723. The Morgan fingerprint density at radius 3 is 2.83 bits per heavy atom. The standard InChI is InChI=1S/C14H23N3O/c1-11(15)14(18)17-10-5-3-4-7-13(17)12-8-6-9-16(12)2/h6,8-9,11,13H,3-5,7,10,15H2,1-2H3/t11-,13?/m0/s1. The van der Waals surface area contributed by atoms with Crippen molar-refractivity contribution in [2.24, 2.45) is 12.8 Å². The average molecular weight is 249 g/mol. The molecule has 18 heavy (non-hydrogen) atoms. The molecule has 0 spiro atoms. The van der Waals surface area contributed by atoms with Gasteiger partial charge in [-0.05, 0) is 31.9 Å². The Morgan fingerprint density at radius 2 is 2.22 bits per heavy atom. The van der Waals surface area contributed by atoms with Crippen LogP contribution in [-0.4, -0.2) is 28.0 Å². The van der Waals surface area contributed by atoms with Crippen molar-refractivity contribution in [2.45, 2.75) is 44.7 Å². The summed E-state index contributed by atoms with van der Waals surface area (Å²) < 4.78 is 2.11. The molecule has 1 saturated heterocycles. The van der Waals surface area contributed by atoms with Gasteiger partial charge in [0.05, 0.1) is 12.1 Å². The number of hydrogen-bond donors (Lipinski definition) is 1. The van der Waals surface area contributed by atoms with Crippen LogP contribution in [0.3, 0.4) is 0 Å². The highest BCUT2D eigenvalue weighted by Crippen LogP contribution is 2.30. The third kappa shape index (κ3) is 2.58. The second-order valence-corrected chi connectivity index (χ2v) is 5.23. The minimum absolute atomic E-state index is 0.0723. The van der Waals surface area contributed by atoms with E-state index in [0.717, 1.165) is 19.4 Å². The second kappa shape index (κ2) is 5.57. The Balaban J connectivity index is 2.28. The Kier molecular flexibility index (Phi) is 4.07. The van der Waals surface area contributed by atoms with Gasteiger partial charge in [0.15, 0.2) is 0 Å². The van der Waals surface area contributed by atoms with E-state index in [4.69, 9.17) is 5.73 Å². The summed E-state index contributed by atoms with van der Waals surface area (Å²) in [5, 5.41) is 0. The minimum atomic E-state index is -0.411. The number of hydrogen-bond acceptors (Lipinski definition) is 2. The molecule has 1 unspecified atom stereocenters. The van der Waals surface area contributed by atoms with Gasteiger partial charge in [0.25, 0.3) is 0 Å². The molecule has 0 aromatic carbocycles. The van der Waals surface area contributed by atoms with Gasteiger partial charge in [-0.2, -0.15) is 0 Å². The lowest BCUT2D eigenvalue weighted by Crippen LogP contribution is -2.44. The van der Waals surface area contributed by atoms with E-state index >= 15 is 0 Å². The SMILES string of the molecule is C[C@H](N)C(=O)N1CCCCCC1c1cccn1C. The van der Waals surface area contributed by atoms with E-state index in [0.29, 0.717) is 0 Å². The number of aryl methyl sites for hydroxylation is 1. The fraction of sp³-hybridized carbons (Fsp3) is 0.643. The summed E-state index contributed by atoms with van der Waals surface area (Å²) in [7, 11) is 2.04. The van der Waals surface area contributed by atoms with E-state index in [2.05, 4.69) is 10.6 Å². The van der Waals surface area contributed by atoms with E-state index in [1.54, 1.807) is 6.92 Å². The quantitative estimate of drug-likeness (QED) is 0.869. The van der Waals surface area contributed by atoms with Gasteiger partial charge < -0.3 is 15.2 Å². The van der Waals surface area contributed by atoms with Crippen LogP contribution in [0.15, 0.2) is 18.3 Å². The minimum Gasteiger partial charge on any atom is -0.353 e. The summed E-state index contributed by atoms with van der Waals surface area (Å²) in [6, 6.07) is 3.92. The summed E-state index contributed by atoms with van der Waals surface area (Å²) in [6.07, 6.45) is 6.53. The van der Waals surface area contributed by atoms with Crippen molar-refractivity contribution in [2.75, 3.05) is 6.54 Å². The van der Waals surface area contributed by atoms with Crippen molar-refractivity contribution >= 4 is 5.91 Å². The van der Waals surface area contributed by atoms with E-state index < -0.39 is 6.04 Å². The van der Waals surface area contributed by atoms with Crippen molar-refractivity contribution in [1.82, 2.24) is 9.47 Å². The largest absolute Gasteiger partial charge is 0.353 e. The van der Waals surface area contributed by atoms with Gasteiger partial charge >= 0.3 is 0 Å². The van der Waals surface area contributed by atoms with Gasteiger partial charge in [-0.1, -0.05) is 12.8 Å². The third-order valence-electron chi connectivity index (χ3n) is 3.75. The highest BCUT2D eigenvalue weighted by atomic mass is 16.2. The van der Waals surface area contributed by atoms with E-state index in [1.165, 1.54) is 18.5 Å².